The lowest BCUT2D eigenvalue weighted by atomic mass is 10.1. The van der Waals surface area contributed by atoms with Crippen molar-refractivity contribution in [2.24, 2.45) is 0 Å². The lowest BCUT2D eigenvalue weighted by Gasteiger charge is -2.10. The molecule has 2 aromatic carbocycles. The van der Waals surface area contributed by atoms with Crippen molar-refractivity contribution in [1.29, 1.82) is 0 Å². The Labute approximate surface area is 134 Å². The number of halogens is 5. The molecular weight excluding hydrogens is 367 g/mol. The van der Waals surface area contributed by atoms with E-state index in [0.29, 0.717) is 23.7 Å². The molecule has 1 nitrogen and oxygen atoms in total. The molecule has 112 valence electrons. The van der Waals surface area contributed by atoms with Gasteiger partial charge in [-0.3, -0.25) is 0 Å². The molecule has 0 aliphatic carbocycles. The van der Waals surface area contributed by atoms with Crippen LogP contribution in [0.25, 0.3) is 0 Å². The summed E-state index contributed by atoms with van der Waals surface area (Å²) in [5.41, 5.74) is 0.965. The first-order valence-electron chi connectivity index (χ1n) is 6.17. The highest BCUT2D eigenvalue weighted by Crippen LogP contribution is 2.29. The Morgan fingerprint density at radius 1 is 1.00 bits per heavy atom. The van der Waals surface area contributed by atoms with Crippen LogP contribution >= 0.6 is 27.5 Å². The minimum Gasteiger partial charge on any atom is -0.309 e. The van der Waals surface area contributed by atoms with Crippen LogP contribution in [0.2, 0.25) is 5.02 Å². The molecule has 0 fully saturated rings. The van der Waals surface area contributed by atoms with E-state index in [1.807, 2.05) is 12.1 Å². The van der Waals surface area contributed by atoms with Gasteiger partial charge < -0.3 is 5.32 Å². The van der Waals surface area contributed by atoms with E-state index >= 15 is 0 Å². The second-order valence-corrected chi connectivity index (χ2v) is 5.81. The first-order valence-corrected chi connectivity index (χ1v) is 7.34. The molecule has 1 N–H and O–H groups in total. The Morgan fingerprint density at radius 2 is 1.67 bits per heavy atom. The third-order valence-corrected chi connectivity index (χ3v) is 4.11. The molecule has 21 heavy (non-hydrogen) atoms. The predicted octanol–water partition coefficient (Wildman–Crippen LogP) is 5.41. The average Bonchev–Trinajstić information content (AvgIpc) is 2.42. The van der Waals surface area contributed by atoms with Crippen molar-refractivity contribution >= 4 is 27.5 Å². The molecule has 6 heteroatoms. The van der Waals surface area contributed by atoms with Gasteiger partial charge >= 0.3 is 6.18 Å². The molecule has 0 heterocycles. The molecule has 0 spiro atoms. The number of hydrogen-bond acceptors (Lipinski definition) is 1. The summed E-state index contributed by atoms with van der Waals surface area (Å²) < 4.78 is 38.6. The quantitative estimate of drug-likeness (QED) is 0.750. The smallest absolute Gasteiger partial charge is 0.309 e. The van der Waals surface area contributed by atoms with Gasteiger partial charge in [0.15, 0.2) is 0 Å². The van der Waals surface area contributed by atoms with Crippen molar-refractivity contribution in [2.45, 2.75) is 19.3 Å². The maximum atomic E-state index is 12.6. The van der Waals surface area contributed by atoms with Crippen LogP contribution in [0.5, 0.6) is 0 Å². The van der Waals surface area contributed by atoms with Gasteiger partial charge in [0, 0.05) is 17.6 Å². The summed E-state index contributed by atoms with van der Waals surface area (Å²) in [6.07, 6.45) is -4.31. The SMILES string of the molecule is FC(F)(F)c1cccc(CNCc2ccc(Cl)c(Br)c2)c1. The van der Waals surface area contributed by atoms with Gasteiger partial charge in [0.1, 0.15) is 0 Å². The van der Waals surface area contributed by atoms with E-state index in [1.165, 1.54) is 6.07 Å². The standard InChI is InChI=1S/C15H12BrClF3N/c16-13-7-11(4-5-14(13)17)9-21-8-10-2-1-3-12(6-10)15(18,19)20/h1-7,21H,8-9H2. The van der Waals surface area contributed by atoms with E-state index in [0.717, 1.165) is 22.2 Å². The van der Waals surface area contributed by atoms with Gasteiger partial charge in [0.2, 0.25) is 0 Å². The van der Waals surface area contributed by atoms with Crippen molar-refractivity contribution in [3.8, 4) is 0 Å². The molecule has 2 rings (SSSR count). The van der Waals surface area contributed by atoms with Crippen molar-refractivity contribution in [3.63, 3.8) is 0 Å². The molecule has 0 aliphatic heterocycles. The lowest BCUT2D eigenvalue weighted by molar-refractivity contribution is -0.137. The highest BCUT2D eigenvalue weighted by atomic mass is 79.9. The number of rotatable bonds is 4. The normalized spacial score (nSPS) is 11.7. The van der Waals surface area contributed by atoms with Gasteiger partial charge in [0.05, 0.1) is 10.6 Å². The summed E-state index contributed by atoms with van der Waals surface area (Å²) >= 11 is 9.23. The van der Waals surface area contributed by atoms with Gasteiger partial charge in [-0.2, -0.15) is 13.2 Å². The molecule has 0 radical (unpaired) electrons. The van der Waals surface area contributed by atoms with Gasteiger partial charge in [-0.1, -0.05) is 35.9 Å². The monoisotopic (exact) mass is 377 g/mol. The molecule has 2 aromatic rings. The molecule has 0 amide bonds. The summed E-state index contributed by atoms with van der Waals surface area (Å²) in [5, 5.41) is 3.73. The van der Waals surface area contributed by atoms with Crippen LogP contribution in [0.15, 0.2) is 46.9 Å². The highest BCUT2D eigenvalue weighted by molar-refractivity contribution is 9.10. The minimum atomic E-state index is -4.31. The summed E-state index contributed by atoms with van der Waals surface area (Å²) in [7, 11) is 0. The van der Waals surface area contributed by atoms with E-state index in [2.05, 4.69) is 21.2 Å². The van der Waals surface area contributed by atoms with E-state index in [-0.39, 0.29) is 0 Å². The van der Waals surface area contributed by atoms with Crippen LogP contribution in [-0.4, -0.2) is 0 Å². The summed E-state index contributed by atoms with van der Waals surface area (Å²) in [5.74, 6) is 0. The first-order chi connectivity index (χ1) is 9.86. The Hall–Kier alpha value is -1.04. The summed E-state index contributed by atoms with van der Waals surface area (Å²) in [6, 6.07) is 10.8. The Kier molecular flexibility index (Phi) is 5.30. The van der Waals surface area contributed by atoms with Crippen LogP contribution in [-0.2, 0) is 19.3 Å². The van der Waals surface area contributed by atoms with Crippen molar-refractivity contribution in [1.82, 2.24) is 5.32 Å². The van der Waals surface area contributed by atoms with Gasteiger partial charge in [-0.15, -0.1) is 0 Å². The van der Waals surface area contributed by atoms with Crippen LogP contribution in [0.4, 0.5) is 13.2 Å². The van der Waals surface area contributed by atoms with E-state index < -0.39 is 11.7 Å². The Morgan fingerprint density at radius 3 is 2.29 bits per heavy atom. The molecule has 0 bridgehead atoms. The van der Waals surface area contributed by atoms with Crippen LogP contribution in [0.1, 0.15) is 16.7 Å². The fraction of sp³-hybridized carbons (Fsp3) is 0.200. The highest BCUT2D eigenvalue weighted by Gasteiger charge is 2.30. The number of hydrogen-bond donors (Lipinski definition) is 1. The third-order valence-electron chi connectivity index (χ3n) is 2.90. The van der Waals surface area contributed by atoms with Crippen LogP contribution < -0.4 is 5.32 Å². The molecule has 0 unspecified atom stereocenters. The third kappa shape index (κ3) is 4.73. The van der Waals surface area contributed by atoms with Crippen molar-refractivity contribution in [2.75, 3.05) is 0 Å². The number of nitrogens with one attached hydrogen (secondary N) is 1. The van der Waals surface area contributed by atoms with Gasteiger partial charge in [-0.25, -0.2) is 0 Å². The van der Waals surface area contributed by atoms with Gasteiger partial charge in [0.25, 0.3) is 0 Å². The minimum absolute atomic E-state index is 0.365. The predicted molar refractivity (Wildman–Crippen MR) is 81.1 cm³/mol. The molecule has 0 saturated heterocycles. The second-order valence-electron chi connectivity index (χ2n) is 4.55. The number of benzene rings is 2. The maximum absolute atomic E-state index is 12.6. The van der Waals surface area contributed by atoms with Crippen LogP contribution in [0.3, 0.4) is 0 Å². The molecule has 0 saturated carbocycles. The zero-order valence-electron chi connectivity index (χ0n) is 10.8. The molecule has 0 atom stereocenters. The maximum Gasteiger partial charge on any atom is 0.416 e. The van der Waals surface area contributed by atoms with E-state index in [9.17, 15) is 13.2 Å². The Bertz CT molecular complexity index is 629. The van der Waals surface area contributed by atoms with Gasteiger partial charge in [-0.05, 0) is 45.3 Å². The van der Waals surface area contributed by atoms with E-state index in [4.69, 9.17) is 11.6 Å². The lowest BCUT2D eigenvalue weighted by Crippen LogP contribution is -2.13. The number of alkyl halides is 3. The molecular formula is C15H12BrClF3N. The van der Waals surface area contributed by atoms with Crippen LogP contribution in [0, 0.1) is 0 Å². The largest absolute Gasteiger partial charge is 0.416 e. The average molecular weight is 379 g/mol. The summed E-state index contributed by atoms with van der Waals surface area (Å²) in [4.78, 5) is 0. The Balaban J connectivity index is 1.96. The zero-order valence-corrected chi connectivity index (χ0v) is 13.2. The fourth-order valence-corrected chi connectivity index (χ4v) is 2.40. The first kappa shape index (κ1) is 16.3. The van der Waals surface area contributed by atoms with Crippen molar-refractivity contribution in [3.05, 3.63) is 68.7 Å². The zero-order chi connectivity index (χ0) is 15.5. The fourth-order valence-electron chi connectivity index (χ4n) is 1.86. The summed E-state index contributed by atoms with van der Waals surface area (Å²) in [6.45, 7) is 0.913. The molecule has 0 aliphatic rings. The topological polar surface area (TPSA) is 12.0 Å². The van der Waals surface area contributed by atoms with E-state index in [1.54, 1.807) is 12.1 Å². The molecule has 0 aromatic heterocycles. The second kappa shape index (κ2) is 6.81. The van der Waals surface area contributed by atoms with Crippen molar-refractivity contribution < 1.29 is 13.2 Å².